The topological polar surface area (TPSA) is 67.2 Å². The monoisotopic (exact) mass is 300 g/mol. The van der Waals surface area contributed by atoms with Crippen molar-refractivity contribution in [3.8, 4) is 0 Å². The van der Waals surface area contributed by atoms with Gasteiger partial charge in [0.1, 0.15) is 11.5 Å². The Balaban J connectivity index is 1.68. The molecular formula is C15H20N6O. The molecule has 3 heterocycles. The van der Waals surface area contributed by atoms with Crippen molar-refractivity contribution in [2.75, 3.05) is 31.1 Å². The van der Waals surface area contributed by atoms with Crippen LogP contribution in [0.4, 0.5) is 5.82 Å². The molecule has 1 aliphatic rings. The number of imidazole rings is 1. The van der Waals surface area contributed by atoms with Gasteiger partial charge < -0.3 is 14.4 Å². The standard InChI is InChI=1S/C15H20N6O/c1-12-8-16-9-14(18-12)20-4-3-5-21(7-6-20)15(22)13-10-19(2)11-17-13/h8-11H,3-7H2,1-2H3. The minimum absolute atomic E-state index is 0.00206. The highest BCUT2D eigenvalue weighted by Gasteiger charge is 2.22. The molecule has 0 aliphatic carbocycles. The molecule has 0 unspecified atom stereocenters. The third-order valence-electron chi connectivity index (χ3n) is 3.77. The van der Waals surface area contributed by atoms with Crippen LogP contribution >= 0.6 is 0 Å². The summed E-state index contributed by atoms with van der Waals surface area (Å²) in [6.45, 7) is 4.99. The molecule has 2 aromatic rings. The third-order valence-corrected chi connectivity index (χ3v) is 3.77. The second-order valence-electron chi connectivity index (χ2n) is 5.58. The van der Waals surface area contributed by atoms with Gasteiger partial charge in [0.25, 0.3) is 5.91 Å². The van der Waals surface area contributed by atoms with Gasteiger partial charge in [-0.1, -0.05) is 0 Å². The molecule has 7 heteroatoms. The molecule has 0 bridgehead atoms. The van der Waals surface area contributed by atoms with Gasteiger partial charge >= 0.3 is 0 Å². The van der Waals surface area contributed by atoms with Gasteiger partial charge in [0.15, 0.2) is 0 Å². The zero-order chi connectivity index (χ0) is 15.5. The lowest BCUT2D eigenvalue weighted by Gasteiger charge is -2.22. The van der Waals surface area contributed by atoms with Crippen LogP contribution < -0.4 is 4.90 Å². The summed E-state index contributed by atoms with van der Waals surface area (Å²) in [6.07, 6.45) is 7.85. The number of aryl methyl sites for hydroxylation is 2. The van der Waals surface area contributed by atoms with Crippen LogP contribution in [0, 0.1) is 6.92 Å². The number of aromatic nitrogens is 4. The number of amides is 1. The first-order chi connectivity index (χ1) is 10.6. The summed E-state index contributed by atoms with van der Waals surface area (Å²) < 4.78 is 1.79. The molecule has 1 saturated heterocycles. The lowest BCUT2D eigenvalue weighted by atomic mass is 10.3. The van der Waals surface area contributed by atoms with Gasteiger partial charge in [-0.25, -0.2) is 9.97 Å². The molecule has 0 saturated carbocycles. The first-order valence-electron chi connectivity index (χ1n) is 7.44. The summed E-state index contributed by atoms with van der Waals surface area (Å²) in [6, 6.07) is 0. The molecule has 0 atom stereocenters. The van der Waals surface area contributed by atoms with E-state index in [1.54, 1.807) is 29.5 Å². The molecular weight excluding hydrogens is 280 g/mol. The van der Waals surface area contributed by atoms with Crippen molar-refractivity contribution in [3.05, 3.63) is 36.3 Å². The maximum absolute atomic E-state index is 12.5. The summed E-state index contributed by atoms with van der Waals surface area (Å²) in [5.74, 6) is 0.880. The number of hydrogen-bond acceptors (Lipinski definition) is 5. The Kier molecular flexibility index (Phi) is 4.04. The van der Waals surface area contributed by atoms with E-state index in [0.29, 0.717) is 12.2 Å². The van der Waals surface area contributed by atoms with E-state index in [1.165, 1.54) is 0 Å². The average molecular weight is 300 g/mol. The number of anilines is 1. The molecule has 0 radical (unpaired) electrons. The van der Waals surface area contributed by atoms with Crippen LogP contribution in [0.5, 0.6) is 0 Å². The van der Waals surface area contributed by atoms with E-state index < -0.39 is 0 Å². The normalized spacial score (nSPS) is 15.7. The van der Waals surface area contributed by atoms with Crippen molar-refractivity contribution in [1.82, 2.24) is 24.4 Å². The zero-order valence-electron chi connectivity index (χ0n) is 12.9. The van der Waals surface area contributed by atoms with Crippen LogP contribution in [0.3, 0.4) is 0 Å². The Bertz CT molecular complexity index is 668. The molecule has 1 aliphatic heterocycles. The van der Waals surface area contributed by atoms with E-state index in [-0.39, 0.29) is 5.91 Å². The highest BCUT2D eigenvalue weighted by molar-refractivity contribution is 5.92. The zero-order valence-corrected chi connectivity index (χ0v) is 12.9. The van der Waals surface area contributed by atoms with E-state index in [9.17, 15) is 4.79 Å². The molecule has 0 N–H and O–H groups in total. The number of hydrogen-bond donors (Lipinski definition) is 0. The summed E-state index contributed by atoms with van der Waals surface area (Å²) in [7, 11) is 1.87. The molecule has 3 rings (SSSR count). The van der Waals surface area contributed by atoms with Gasteiger partial charge in [-0.2, -0.15) is 0 Å². The largest absolute Gasteiger partial charge is 0.353 e. The van der Waals surface area contributed by atoms with Gasteiger partial charge in [-0.15, -0.1) is 0 Å². The Morgan fingerprint density at radius 3 is 2.77 bits per heavy atom. The maximum Gasteiger partial charge on any atom is 0.274 e. The highest BCUT2D eigenvalue weighted by Crippen LogP contribution is 2.14. The second kappa shape index (κ2) is 6.13. The lowest BCUT2D eigenvalue weighted by molar-refractivity contribution is 0.0761. The average Bonchev–Trinajstić information content (AvgIpc) is 2.80. The van der Waals surface area contributed by atoms with Gasteiger partial charge in [0, 0.05) is 45.6 Å². The lowest BCUT2D eigenvalue weighted by Crippen LogP contribution is -2.35. The quantitative estimate of drug-likeness (QED) is 0.823. The fraction of sp³-hybridized carbons (Fsp3) is 0.467. The molecule has 0 aromatic carbocycles. The van der Waals surface area contributed by atoms with Crippen molar-refractivity contribution in [2.45, 2.75) is 13.3 Å². The smallest absolute Gasteiger partial charge is 0.274 e. The molecule has 1 fully saturated rings. The Hall–Kier alpha value is -2.44. The van der Waals surface area contributed by atoms with Crippen LogP contribution in [0.25, 0.3) is 0 Å². The number of carbonyl (C=O) groups is 1. The van der Waals surface area contributed by atoms with Gasteiger partial charge in [0.05, 0.1) is 18.2 Å². The first kappa shape index (κ1) is 14.5. The third kappa shape index (κ3) is 3.08. The second-order valence-corrected chi connectivity index (χ2v) is 5.58. The van der Waals surface area contributed by atoms with Crippen LogP contribution in [0.15, 0.2) is 24.9 Å². The van der Waals surface area contributed by atoms with Crippen molar-refractivity contribution in [3.63, 3.8) is 0 Å². The molecule has 1 amide bonds. The van der Waals surface area contributed by atoms with E-state index in [2.05, 4.69) is 19.9 Å². The first-order valence-corrected chi connectivity index (χ1v) is 7.44. The van der Waals surface area contributed by atoms with E-state index in [0.717, 1.165) is 37.6 Å². The molecule has 2 aromatic heterocycles. The Labute approximate surface area is 129 Å². The number of rotatable bonds is 2. The Morgan fingerprint density at radius 1 is 1.18 bits per heavy atom. The van der Waals surface area contributed by atoms with Crippen molar-refractivity contribution in [2.24, 2.45) is 7.05 Å². The van der Waals surface area contributed by atoms with Crippen molar-refractivity contribution in [1.29, 1.82) is 0 Å². The molecule has 7 nitrogen and oxygen atoms in total. The predicted molar refractivity (Wildman–Crippen MR) is 82.7 cm³/mol. The van der Waals surface area contributed by atoms with Gasteiger partial charge in [0.2, 0.25) is 0 Å². The number of nitrogens with zero attached hydrogens (tertiary/aromatic N) is 6. The van der Waals surface area contributed by atoms with Crippen LogP contribution in [-0.2, 0) is 7.05 Å². The van der Waals surface area contributed by atoms with Gasteiger partial charge in [-0.3, -0.25) is 9.78 Å². The highest BCUT2D eigenvalue weighted by atomic mass is 16.2. The van der Waals surface area contributed by atoms with Crippen LogP contribution in [0.2, 0.25) is 0 Å². The van der Waals surface area contributed by atoms with E-state index >= 15 is 0 Å². The molecule has 22 heavy (non-hydrogen) atoms. The number of carbonyl (C=O) groups excluding carboxylic acids is 1. The summed E-state index contributed by atoms with van der Waals surface area (Å²) >= 11 is 0. The predicted octanol–water partition coefficient (Wildman–Crippen LogP) is 0.871. The SMILES string of the molecule is Cc1cncc(N2CCCN(C(=O)c3cn(C)cn3)CC2)n1. The summed E-state index contributed by atoms with van der Waals surface area (Å²) in [5, 5.41) is 0. The van der Waals surface area contributed by atoms with Crippen LogP contribution in [0.1, 0.15) is 22.6 Å². The van der Waals surface area contributed by atoms with Crippen molar-refractivity contribution >= 4 is 11.7 Å². The summed E-state index contributed by atoms with van der Waals surface area (Å²) in [4.78, 5) is 29.4. The fourth-order valence-electron chi connectivity index (χ4n) is 2.64. The molecule has 0 spiro atoms. The fourth-order valence-corrected chi connectivity index (χ4v) is 2.64. The van der Waals surface area contributed by atoms with Crippen molar-refractivity contribution < 1.29 is 4.79 Å². The van der Waals surface area contributed by atoms with Crippen LogP contribution in [-0.4, -0.2) is 56.5 Å². The molecule has 116 valence electrons. The summed E-state index contributed by atoms with van der Waals surface area (Å²) in [5.41, 5.74) is 1.41. The minimum Gasteiger partial charge on any atom is -0.353 e. The minimum atomic E-state index is -0.00206. The Morgan fingerprint density at radius 2 is 2.05 bits per heavy atom. The van der Waals surface area contributed by atoms with Gasteiger partial charge in [-0.05, 0) is 13.3 Å². The van der Waals surface area contributed by atoms with E-state index in [1.807, 2.05) is 18.9 Å². The van der Waals surface area contributed by atoms with E-state index in [4.69, 9.17) is 0 Å². The maximum atomic E-state index is 12.5.